The van der Waals surface area contributed by atoms with Crippen molar-refractivity contribution < 1.29 is 48.5 Å². The fraction of sp³-hybridized carbons (Fsp3) is 0.386. The third kappa shape index (κ3) is 10.7. The van der Waals surface area contributed by atoms with E-state index in [0.29, 0.717) is 70.0 Å². The van der Waals surface area contributed by atoms with Gasteiger partial charge in [0.05, 0.1) is 67.0 Å². The van der Waals surface area contributed by atoms with Crippen molar-refractivity contribution in [3.05, 3.63) is 99.6 Å². The smallest absolute Gasteiger partial charge is 0.255 e. The number of hydrogen-bond donors (Lipinski definition) is 5. The lowest BCUT2D eigenvalue weighted by Crippen LogP contribution is -2.38. The molecule has 0 saturated carbocycles. The molecule has 56 heavy (non-hydrogen) atoms. The van der Waals surface area contributed by atoms with Crippen LogP contribution in [0.4, 0.5) is 5.69 Å². The first-order chi connectivity index (χ1) is 27.3. The van der Waals surface area contributed by atoms with Gasteiger partial charge in [0.2, 0.25) is 5.75 Å². The number of unbranched alkanes of at least 4 members (excludes halogenated alkanes) is 6. The Balaban J connectivity index is 1.01. The molecule has 1 aliphatic rings. The molecule has 0 radical (unpaired) electrons. The van der Waals surface area contributed by atoms with Gasteiger partial charge in [-0.1, -0.05) is 50.3 Å². The Labute approximate surface area is 329 Å². The molecule has 4 aromatic rings. The molecular weight excluding hydrogens is 716 g/mol. The Hall–Kier alpha value is -5.43. The molecule has 4 aromatic carbocycles. The van der Waals surface area contributed by atoms with E-state index in [1.54, 1.807) is 27.4 Å². The average molecular weight is 771 g/mol. The van der Waals surface area contributed by atoms with E-state index in [2.05, 4.69) is 10.6 Å². The SMILES string of the molecule is COc1ccc2c(c1)C(=O)NC(c1ccc(OCCCCCCCCCOc3c(OC)cc(C=Cc4cc(CO)c(CO)c(OC)c4)cc3OC)c(CO)c1)N2. The minimum atomic E-state index is -0.432. The standard InChI is InChI=1S/C44H54N2O10/c1-51-34-15-16-37-35(25-34)44(50)46-43(45-37)31-14-17-38(33(24-31)27-48)55-18-10-8-6-5-7-9-11-19-56-42-40(53-3)22-30(23-41(42)54-4)13-12-29-20-32(26-47)36(28-49)39(21-29)52-2/h12-17,20-25,43,45,47-49H,5-11,18-19,26-28H2,1-4H3,(H,46,50). The highest BCUT2D eigenvalue weighted by atomic mass is 16.5. The number of aliphatic hydroxyl groups is 3. The van der Waals surface area contributed by atoms with Crippen LogP contribution in [0.15, 0.2) is 60.7 Å². The lowest BCUT2D eigenvalue weighted by molar-refractivity contribution is 0.0935. The van der Waals surface area contributed by atoms with Crippen LogP contribution in [0.25, 0.3) is 12.2 Å². The van der Waals surface area contributed by atoms with Crippen molar-refractivity contribution in [3.63, 3.8) is 0 Å². The Bertz CT molecular complexity index is 1900. The van der Waals surface area contributed by atoms with Crippen molar-refractivity contribution in [3.8, 4) is 34.5 Å². The van der Waals surface area contributed by atoms with Gasteiger partial charge in [-0.25, -0.2) is 0 Å². The van der Waals surface area contributed by atoms with Crippen molar-refractivity contribution >= 4 is 23.7 Å². The zero-order valence-corrected chi connectivity index (χ0v) is 32.7. The van der Waals surface area contributed by atoms with E-state index in [9.17, 15) is 20.1 Å². The summed E-state index contributed by atoms with van der Waals surface area (Å²) in [6.45, 7) is 0.493. The molecule has 300 valence electrons. The predicted octanol–water partition coefficient (Wildman–Crippen LogP) is 7.41. The third-order valence-corrected chi connectivity index (χ3v) is 9.75. The summed E-state index contributed by atoms with van der Waals surface area (Å²) in [4.78, 5) is 12.8. The van der Waals surface area contributed by atoms with Crippen molar-refractivity contribution in [1.29, 1.82) is 0 Å². The van der Waals surface area contributed by atoms with E-state index in [0.717, 1.165) is 67.3 Å². The Kier molecular flexibility index (Phi) is 15.7. The maximum Gasteiger partial charge on any atom is 0.255 e. The molecule has 5 rings (SSSR count). The van der Waals surface area contributed by atoms with Crippen LogP contribution in [0.5, 0.6) is 34.5 Å². The maximum absolute atomic E-state index is 12.8. The number of carbonyl (C=O) groups excluding carboxylic acids is 1. The van der Waals surface area contributed by atoms with Crippen molar-refractivity contribution in [2.75, 3.05) is 47.0 Å². The summed E-state index contributed by atoms with van der Waals surface area (Å²) >= 11 is 0. The minimum Gasteiger partial charge on any atom is -0.497 e. The number of methoxy groups -OCH3 is 4. The quantitative estimate of drug-likeness (QED) is 0.0401. The highest BCUT2D eigenvalue weighted by Gasteiger charge is 2.26. The number of ether oxygens (including phenoxy) is 6. The van der Waals surface area contributed by atoms with Crippen LogP contribution in [0.2, 0.25) is 0 Å². The summed E-state index contributed by atoms with van der Waals surface area (Å²) in [5, 5.41) is 35.8. The number of anilines is 1. The van der Waals surface area contributed by atoms with Gasteiger partial charge in [-0.15, -0.1) is 0 Å². The summed E-state index contributed by atoms with van der Waals surface area (Å²) in [6.07, 6.45) is 10.6. The number of benzene rings is 4. The second-order valence-corrected chi connectivity index (χ2v) is 13.4. The summed E-state index contributed by atoms with van der Waals surface area (Å²) in [7, 11) is 6.30. The lowest BCUT2D eigenvalue weighted by Gasteiger charge is -2.29. The van der Waals surface area contributed by atoms with E-state index in [4.69, 9.17) is 28.4 Å². The predicted molar refractivity (Wildman–Crippen MR) is 216 cm³/mol. The zero-order valence-electron chi connectivity index (χ0n) is 32.7. The second kappa shape index (κ2) is 21.0. The van der Waals surface area contributed by atoms with Gasteiger partial charge in [-0.2, -0.15) is 0 Å². The second-order valence-electron chi connectivity index (χ2n) is 13.4. The van der Waals surface area contributed by atoms with Crippen LogP contribution >= 0.6 is 0 Å². The summed E-state index contributed by atoms with van der Waals surface area (Å²) in [6, 6.07) is 18.4. The fourth-order valence-corrected chi connectivity index (χ4v) is 6.68. The topological polar surface area (TPSA) is 157 Å². The van der Waals surface area contributed by atoms with Crippen LogP contribution in [-0.2, 0) is 19.8 Å². The molecule has 5 N–H and O–H groups in total. The molecule has 0 aliphatic carbocycles. The van der Waals surface area contributed by atoms with E-state index in [1.807, 2.05) is 66.7 Å². The first-order valence-electron chi connectivity index (χ1n) is 19.0. The third-order valence-electron chi connectivity index (χ3n) is 9.75. The summed E-state index contributed by atoms with van der Waals surface area (Å²) in [5.74, 6) is 3.28. The van der Waals surface area contributed by atoms with Crippen LogP contribution in [-0.4, -0.2) is 62.9 Å². The molecule has 1 heterocycles. The Morgan fingerprint density at radius 3 is 1.80 bits per heavy atom. The van der Waals surface area contributed by atoms with Crippen molar-refractivity contribution in [1.82, 2.24) is 5.32 Å². The fourth-order valence-electron chi connectivity index (χ4n) is 6.68. The number of aliphatic hydroxyl groups excluding tert-OH is 3. The van der Waals surface area contributed by atoms with E-state index >= 15 is 0 Å². The van der Waals surface area contributed by atoms with Crippen LogP contribution < -0.4 is 39.1 Å². The number of fused-ring (bicyclic) bond motifs is 1. The Morgan fingerprint density at radius 1 is 0.589 bits per heavy atom. The molecule has 0 aromatic heterocycles. The number of rotatable bonds is 22. The van der Waals surface area contributed by atoms with Gasteiger partial charge >= 0.3 is 0 Å². The molecule has 0 fully saturated rings. The van der Waals surface area contributed by atoms with Crippen molar-refractivity contribution in [2.45, 2.75) is 70.9 Å². The van der Waals surface area contributed by atoms with Gasteiger partial charge in [0.1, 0.15) is 23.4 Å². The van der Waals surface area contributed by atoms with Crippen LogP contribution in [0.1, 0.15) is 94.9 Å². The Morgan fingerprint density at radius 2 is 1.20 bits per heavy atom. The number of nitrogens with one attached hydrogen (secondary N) is 2. The molecule has 0 saturated heterocycles. The molecule has 1 unspecified atom stereocenters. The molecule has 1 atom stereocenters. The van der Waals surface area contributed by atoms with Crippen LogP contribution in [0, 0.1) is 0 Å². The van der Waals surface area contributed by atoms with Gasteiger partial charge in [-0.3, -0.25) is 4.79 Å². The van der Waals surface area contributed by atoms with Crippen molar-refractivity contribution in [2.24, 2.45) is 0 Å². The normalized spacial score (nSPS) is 13.5. The first kappa shape index (κ1) is 41.7. The summed E-state index contributed by atoms with van der Waals surface area (Å²) < 4.78 is 34.1. The van der Waals surface area contributed by atoms with Crippen LogP contribution in [0.3, 0.4) is 0 Å². The van der Waals surface area contributed by atoms with Gasteiger partial charge in [0, 0.05) is 16.8 Å². The monoisotopic (exact) mass is 770 g/mol. The first-order valence-corrected chi connectivity index (χ1v) is 19.0. The van der Waals surface area contributed by atoms with Gasteiger partial charge in [0.15, 0.2) is 11.5 Å². The number of hydrogen-bond acceptors (Lipinski definition) is 11. The highest BCUT2D eigenvalue weighted by Crippen LogP contribution is 2.39. The van der Waals surface area contributed by atoms with E-state index in [1.165, 1.54) is 7.11 Å². The average Bonchev–Trinajstić information content (AvgIpc) is 3.23. The molecular formula is C44H54N2O10. The van der Waals surface area contributed by atoms with E-state index in [-0.39, 0.29) is 25.7 Å². The molecule has 0 bridgehead atoms. The lowest BCUT2D eigenvalue weighted by atomic mass is 10.0. The minimum absolute atomic E-state index is 0.171. The van der Waals surface area contributed by atoms with Gasteiger partial charge < -0.3 is 54.4 Å². The molecule has 0 spiro atoms. The zero-order chi connectivity index (χ0) is 39.9. The molecule has 1 aliphatic heterocycles. The largest absolute Gasteiger partial charge is 0.497 e. The van der Waals surface area contributed by atoms with E-state index < -0.39 is 6.17 Å². The molecule has 12 nitrogen and oxygen atoms in total. The summed E-state index contributed by atoms with van der Waals surface area (Å²) in [5.41, 5.74) is 5.57. The maximum atomic E-state index is 12.8. The number of carbonyl (C=O) groups is 1. The number of amides is 1. The molecule has 12 heteroatoms. The molecule has 1 amide bonds. The van der Waals surface area contributed by atoms with Gasteiger partial charge in [-0.05, 0) is 89.7 Å². The highest BCUT2D eigenvalue weighted by molar-refractivity contribution is 6.02. The van der Waals surface area contributed by atoms with Gasteiger partial charge in [0.25, 0.3) is 5.91 Å².